The van der Waals surface area contributed by atoms with Crippen LogP contribution in [0.2, 0.25) is 0 Å². The smallest absolute Gasteiger partial charge is 0.168 e. The molecule has 1 saturated heterocycles. The molecule has 0 aliphatic carbocycles. The van der Waals surface area contributed by atoms with Gasteiger partial charge in [0.05, 0.1) is 13.2 Å². The van der Waals surface area contributed by atoms with Crippen LogP contribution in [0.4, 0.5) is 0 Å². The first-order valence-corrected chi connectivity index (χ1v) is 4.19. The number of ether oxygens (including phenoxy) is 2. The zero-order valence-corrected chi connectivity index (χ0v) is 7.17. The summed E-state index contributed by atoms with van der Waals surface area (Å²) in [6.45, 7) is 4.65. The van der Waals surface area contributed by atoms with Crippen molar-refractivity contribution < 1.29 is 14.6 Å². The second kappa shape index (κ2) is 3.52. The van der Waals surface area contributed by atoms with Crippen LogP contribution in [0.15, 0.2) is 0 Å². The van der Waals surface area contributed by atoms with E-state index in [1.54, 1.807) is 0 Å². The summed E-state index contributed by atoms with van der Waals surface area (Å²) in [7, 11) is 0. The molecule has 0 aromatic carbocycles. The van der Waals surface area contributed by atoms with Gasteiger partial charge in [-0.2, -0.15) is 0 Å². The second-order valence-electron chi connectivity index (χ2n) is 2.85. The molecule has 1 fully saturated rings. The largest absolute Gasteiger partial charge is 0.394 e. The summed E-state index contributed by atoms with van der Waals surface area (Å²) >= 11 is 0. The lowest BCUT2D eigenvalue weighted by Crippen LogP contribution is -2.29. The highest BCUT2D eigenvalue weighted by Gasteiger charge is 2.37. The molecule has 1 unspecified atom stereocenters. The van der Waals surface area contributed by atoms with Gasteiger partial charge in [-0.1, -0.05) is 13.8 Å². The Kier molecular flexibility index (Phi) is 2.87. The molecule has 1 N–H and O–H groups in total. The minimum Gasteiger partial charge on any atom is -0.394 e. The lowest BCUT2D eigenvalue weighted by atomic mass is 10.1. The molecule has 0 spiro atoms. The highest BCUT2D eigenvalue weighted by atomic mass is 16.7. The molecule has 0 bridgehead atoms. The lowest BCUT2D eigenvalue weighted by Gasteiger charge is -2.24. The van der Waals surface area contributed by atoms with Gasteiger partial charge < -0.3 is 14.6 Å². The number of rotatable bonds is 3. The molecule has 0 amide bonds. The Morgan fingerprint density at radius 3 is 2.36 bits per heavy atom. The summed E-state index contributed by atoms with van der Waals surface area (Å²) in [5.74, 6) is -0.409. The molecule has 1 rings (SSSR count). The topological polar surface area (TPSA) is 38.7 Å². The first-order chi connectivity index (χ1) is 5.26. The maximum absolute atomic E-state index is 8.78. The Morgan fingerprint density at radius 2 is 2.09 bits per heavy atom. The molecular weight excluding hydrogens is 144 g/mol. The van der Waals surface area contributed by atoms with Gasteiger partial charge in [0.2, 0.25) is 0 Å². The maximum Gasteiger partial charge on any atom is 0.168 e. The average Bonchev–Trinajstić information content (AvgIpc) is 2.49. The summed E-state index contributed by atoms with van der Waals surface area (Å²) in [6, 6.07) is 0. The van der Waals surface area contributed by atoms with Crippen molar-refractivity contribution in [3.63, 3.8) is 0 Å². The molecule has 3 nitrogen and oxygen atoms in total. The van der Waals surface area contributed by atoms with Crippen molar-refractivity contribution in [3.8, 4) is 0 Å². The van der Waals surface area contributed by atoms with Crippen LogP contribution in [0.5, 0.6) is 0 Å². The molecule has 0 aromatic rings. The van der Waals surface area contributed by atoms with Gasteiger partial charge in [-0.15, -0.1) is 0 Å². The predicted molar refractivity (Wildman–Crippen MR) is 41.2 cm³/mol. The van der Waals surface area contributed by atoms with Crippen LogP contribution in [-0.4, -0.2) is 30.2 Å². The van der Waals surface area contributed by atoms with Crippen molar-refractivity contribution in [3.05, 3.63) is 0 Å². The Bertz CT molecular complexity index is 121. The fraction of sp³-hybridized carbons (Fsp3) is 1.00. The van der Waals surface area contributed by atoms with Crippen molar-refractivity contribution in [2.24, 2.45) is 0 Å². The standard InChI is InChI=1S/C8H16O3/c1-3-8(4-2)10-6-7(5-9)11-8/h7,9H,3-6H2,1-2H3. The lowest BCUT2D eigenvalue weighted by molar-refractivity contribution is -0.174. The van der Waals surface area contributed by atoms with E-state index in [0.717, 1.165) is 12.8 Å². The van der Waals surface area contributed by atoms with Crippen LogP contribution in [-0.2, 0) is 9.47 Å². The van der Waals surface area contributed by atoms with Gasteiger partial charge in [-0.05, 0) is 12.8 Å². The fourth-order valence-corrected chi connectivity index (χ4v) is 1.33. The Morgan fingerprint density at radius 1 is 1.45 bits per heavy atom. The summed E-state index contributed by atoms with van der Waals surface area (Å²) in [5.41, 5.74) is 0. The zero-order chi connectivity index (χ0) is 8.32. The molecule has 1 aliphatic rings. The summed E-state index contributed by atoms with van der Waals surface area (Å²) in [6.07, 6.45) is 1.58. The third-order valence-electron chi connectivity index (χ3n) is 2.19. The van der Waals surface area contributed by atoms with Crippen molar-refractivity contribution >= 4 is 0 Å². The van der Waals surface area contributed by atoms with Crippen LogP contribution < -0.4 is 0 Å². The van der Waals surface area contributed by atoms with E-state index < -0.39 is 5.79 Å². The van der Waals surface area contributed by atoms with Crippen molar-refractivity contribution in [2.45, 2.75) is 38.6 Å². The number of aliphatic hydroxyl groups excluding tert-OH is 1. The molecule has 1 heterocycles. The molecule has 0 saturated carbocycles. The van der Waals surface area contributed by atoms with Crippen LogP contribution in [0, 0.1) is 0 Å². The Labute approximate surface area is 67.3 Å². The predicted octanol–water partition coefficient (Wildman–Crippen LogP) is 0.910. The van der Waals surface area contributed by atoms with E-state index in [0.29, 0.717) is 6.61 Å². The molecule has 0 radical (unpaired) electrons. The average molecular weight is 160 g/mol. The third-order valence-corrected chi connectivity index (χ3v) is 2.19. The van der Waals surface area contributed by atoms with E-state index in [4.69, 9.17) is 14.6 Å². The van der Waals surface area contributed by atoms with Crippen LogP contribution in [0.3, 0.4) is 0 Å². The first-order valence-electron chi connectivity index (χ1n) is 4.19. The number of hydrogen-bond acceptors (Lipinski definition) is 3. The van der Waals surface area contributed by atoms with Gasteiger partial charge in [0, 0.05) is 0 Å². The minimum absolute atomic E-state index is 0.0573. The molecule has 1 atom stereocenters. The molecule has 0 aromatic heterocycles. The minimum atomic E-state index is -0.409. The summed E-state index contributed by atoms with van der Waals surface area (Å²) in [4.78, 5) is 0. The molecular formula is C8H16O3. The molecule has 3 heteroatoms. The van der Waals surface area contributed by atoms with Gasteiger partial charge in [0.15, 0.2) is 5.79 Å². The van der Waals surface area contributed by atoms with E-state index in [1.807, 2.05) is 13.8 Å². The van der Waals surface area contributed by atoms with E-state index in [2.05, 4.69) is 0 Å². The number of hydrogen-bond donors (Lipinski definition) is 1. The van der Waals surface area contributed by atoms with Crippen LogP contribution in [0.1, 0.15) is 26.7 Å². The quantitative estimate of drug-likeness (QED) is 0.667. The van der Waals surface area contributed by atoms with Crippen molar-refractivity contribution in [1.82, 2.24) is 0 Å². The fourth-order valence-electron chi connectivity index (χ4n) is 1.33. The van der Waals surface area contributed by atoms with Gasteiger partial charge in [-0.25, -0.2) is 0 Å². The van der Waals surface area contributed by atoms with Crippen LogP contribution >= 0.6 is 0 Å². The molecule has 1 aliphatic heterocycles. The SMILES string of the molecule is CCC1(CC)OCC(CO)O1. The van der Waals surface area contributed by atoms with Gasteiger partial charge in [0.1, 0.15) is 6.10 Å². The maximum atomic E-state index is 8.78. The van der Waals surface area contributed by atoms with Gasteiger partial charge in [-0.3, -0.25) is 0 Å². The second-order valence-corrected chi connectivity index (χ2v) is 2.85. The van der Waals surface area contributed by atoms with E-state index in [1.165, 1.54) is 0 Å². The van der Waals surface area contributed by atoms with Gasteiger partial charge >= 0.3 is 0 Å². The highest BCUT2D eigenvalue weighted by molar-refractivity contribution is 4.75. The normalized spacial score (nSPS) is 29.2. The van der Waals surface area contributed by atoms with Gasteiger partial charge in [0.25, 0.3) is 0 Å². The van der Waals surface area contributed by atoms with Crippen LogP contribution in [0.25, 0.3) is 0 Å². The Balaban J connectivity index is 2.48. The number of aliphatic hydroxyl groups is 1. The molecule has 11 heavy (non-hydrogen) atoms. The van der Waals surface area contributed by atoms with E-state index in [9.17, 15) is 0 Å². The zero-order valence-electron chi connectivity index (χ0n) is 7.17. The Hall–Kier alpha value is -0.120. The monoisotopic (exact) mass is 160 g/mol. The van der Waals surface area contributed by atoms with E-state index >= 15 is 0 Å². The highest BCUT2D eigenvalue weighted by Crippen LogP contribution is 2.29. The first kappa shape index (κ1) is 8.97. The van der Waals surface area contributed by atoms with E-state index in [-0.39, 0.29) is 12.7 Å². The molecule has 66 valence electrons. The van der Waals surface area contributed by atoms with Crippen molar-refractivity contribution in [2.75, 3.05) is 13.2 Å². The third kappa shape index (κ3) is 1.72. The van der Waals surface area contributed by atoms with Crippen molar-refractivity contribution in [1.29, 1.82) is 0 Å². The summed E-state index contributed by atoms with van der Waals surface area (Å²) < 4.78 is 11.0. The summed E-state index contributed by atoms with van der Waals surface area (Å²) in [5, 5.41) is 8.78.